The molecular weight excluding hydrogens is 398 g/mol. The summed E-state index contributed by atoms with van der Waals surface area (Å²) in [6, 6.07) is 10.2. The second-order valence-electron chi connectivity index (χ2n) is 6.09. The van der Waals surface area contributed by atoms with Crippen molar-refractivity contribution in [2.45, 2.75) is 19.6 Å². The molecule has 1 N–H and O–H groups in total. The molecule has 0 aliphatic heterocycles. The van der Waals surface area contributed by atoms with Gasteiger partial charge in [-0.1, -0.05) is 16.8 Å². The topological polar surface area (TPSA) is 95.7 Å². The van der Waals surface area contributed by atoms with E-state index in [9.17, 15) is 4.79 Å². The Morgan fingerprint density at radius 1 is 1.28 bits per heavy atom. The number of methoxy groups -OCH3 is 1. The number of hydrogen-bond acceptors (Lipinski definition) is 7. The molecule has 3 rings (SSSR count). The Morgan fingerprint density at radius 2 is 2.14 bits per heavy atom. The van der Waals surface area contributed by atoms with Gasteiger partial charge in [-0.3, -0.25) is 9.78 Å². The number of ether oxygens (including phenoxy) is 3. The molecule has 0 radical (unpaired) electrons. The van der Waals surface area contributed by atoms with E-state index in [1.54, 1.807) is 49.8 Å². The third-order valence-corrected chi connectivity index (χ3v) is 4.12. The van der Waals surface area contributed by atoms with Crippen LogP contribution in [0.2, 0.25) is 5.02 Å². The van der Waals surface area contributed by atoms with Crippen LogP contribution in [0.3, 0.4) is 0 Å². The lowest BCUT2D eigenvalue weighted by molar-refractivity contribution is 0.0922. The molecule has 0 unspecified atom stereocenters. The van der Waals surface area contributed by atoms with Crippen molar-refractivity contribution in [2.24, 2.45) is 0 Å². The summed E-state index contributed by atoms with van der Waals surface area (Å²) in [7, 11) is 1.55. The van der Waals surface area contributed by atoms with Gasteiger partial charge in [0.2, 0.25) is 0 Å². The molecular formula is C20H20ClN3O5. The zero-order valence-electron chi connectivity index (χ0n) is 15.9. The van der Waals surface area contributed by atoms with Gasteiger partial charge in [0.1, 0.15) is 30.0 Å². The van der Waals surface area contributed by atoms with E-state index in [2.05, 4.69) is 15.5 Å². The molecule has 8 nitrogen and oxygen atoms in total. The smallest absolute Gasteiger partial charge is 0.273 e. The van der Waals surface area contributed by atoms with Crippen LogP contribution >= 0.6 is 11.6 Å². The third-order valence-electron chi connectivity index (χ3n) is 3.82. The predicted molar refractivity (Wildman–Crippen MR) is 105 cm³/mol. The minimum atomic E-state index is -0.371. The summed E-state index contributed by atoms with van der Waals surface area (Å²) in [5.41, 5.74) is 0.151. The normalized spacial score (nSPS) is 11.6. The fourth-order valence-corrected chi connectivity index (χ4v) is 2.61. The lowest BCUT2D eigenvalue weighted by Crippen LogP contribution is -2.33. The zero-order chi connectivity index (χ0) is 20.6. The number of hydrogen-bond donors (Lipinski definition) is 1. The molecule has 0 saturated carbocycles. The number of nitrogens with one attached hydrogen (secondary N) is 1. The molecule has 1 aromatic carbocycles. The lowest BCUT2D eigenvalue weighted by atomic mass is 10.3. The maximum atomic E-state index is 12.2. The van der Waals surface area contributed by atoms with Crippen LogP contribution in [-0.4, -0.2) is 35.8 Å². The number of amides is 1. The molecule has 3 aromatic rings. The van der Waals surface area contributed by atoms with Crippen molar-refractivity contribution in [3.05, 3.63) is 65.3 Å². The zero-order valence-corrected chi connectivity index (χ0v) is 16.7. The Morgan fingerprint density at radius 3 is 2.86 bits per heavy atom. The Balaban J connectivity index is 1.48. The molecule has 29 heavy (non-hydrogen) atoms. The minimum absolute atomic E-state index is 0.0762. The quantitative estimate of drug-likeness (QED) is 0.569. The van der Waals surface area contributed by atoms with E-state index in [-0.39, 0.29) is 24.3 Å². The van der Waals surface area contributed by atoms with Gasteiger partial charge in [-0.25, -0.2) is 0 Å². The van der Waals surface area contributed by atoms with Gasteiger partial charge < -0.3 is 24.1 Å². The van der Waals surface area contributed by atoms with Crippen LogP contribution in [0, 0.1) is 0 Å². The maximum Gasteiger partial charge on any atom is 0.273 e. The largest absolute Gasteiger partial charge is 0.497 e. The summed E-state index contributed by atoms with van der Waals surface area (Å²) in [6.45, 7) is 2.22. The highest BCUT2D eigenvalue weighted by atomic mass is 35.5. The van der Waals surface area contributed by atoms with E-state index in [0.717, 1.165) is 0 Å². The van der Waals surface area contributed by atoms with E-state index in [4.69, 9.17) is 30.3 Å². The van der Waals surface area contributed by atoms with E-state index in [0.29, 0.717) is 34.6 Å². The Kier molecular flexibility index (Phi) is 6.91. The highest BCUT2D eigenvalue weighted by Crippen LogP contribution is 2.29. The minimum Gasteiger partial charge on any atom is -0.497 e. The van der Waals surface area contributed by atoms with E-state index >= 15 is 0 Å². The molecule has 1 atom stereocenters. The fraction of sp³-hybridized carbons (Fsp3) is 0.250. The highest BCUT2D eigenvalue weighted by Gasteiger charge is 2.15. The Hall–Kier alpha value is -3.26. The average Bonchev–Trinajstić information content (AvgIpc) is 3.21. The second kappa shape index (κ2) is 9.79. The number of rotatable bonds is 9. The maximum absolute atomic E-state index is 12.2. The predicted octanol–water partition coefficient (Wildman–Crippen LogP) is 3.51. The van der Waals surface area contributed by atoms with Gasteiger partial charge in [0, 0.05) is 18.3 Å². The first-order valence-corrected chi connectivity index (χ1v) is 9.19. The number of carbonyl (C=O) groups is 1. The first-order chi connectivity index (χ1) is 14.0. The first-order valence-electron chi connectivity index (χ1n) is 8.82. The standard InChI is InChI=1S/C20H20ClN3O5/c1-13(28-15-4-3-7-22-11-15)10-23-20(25)18-9-16(29-24-18)12-27-19-6-5-14(26-2)8-17(19)21/h3-9,11,13H,10,12H2,1-2H3,(H,23,25)/t13-/m0/s1. The van der Waals surface area contributed by atoms with Gasteiger partial charge in [0.25, 0.3) is 5.91 Å². The second-order valence-corrected chi connectivity index (χ2v) is 6.50. The molecule has 9 heteroatoms. The molecule has 0 aliphatic carbocycles. The van der Waals surface area contributed by atoms with Crippen molar-refractivity contribution < 1.29 is 23.5 Å². The summed E-state index contributed by atoms with van der Waals surface area (Å²) < 4.78 is 21.5. The third kappa shape index (κ3) is 5.86. The number of halogens is 1. The molecule has 0 spiro atoms. The molecule has 0 fully saturated rings. The van der Waals surface area contributed by atoms with E-state index in [1.165, 1.54) is 6.07 Å². The van der Waals surface area contributed by atoms with Crippen LogP contribution in [0.25, 0.3) is 0 Å². The van der Waals surface area contributed by atoms with Crippen molar-refractivity contribution in [3.63, 3.8) is 0 Å². The van der Waals surface area contributed by atoms with Gasteiger partial charge in [0.05, 0.1) is 24.9 Å². The molecule has 2 heterocycles. The van der Waals surface area contributed by atoms with Gasteiger partial charge in [-0.05, 0) is 31.2 Å². The summed E-state index contributed by atoms with van der Waals surface area (Å²) in [5.74, 6) is 1.75. The Bertz CT molecular complexity index is 948. The molecule has 152 valence electrons. The molecule has 1 amide bonds. The average molecular weight is 418 g/mol. The van der Waals surface area contributed by atoms with Crippen molar-refractivity contribution in [1.82, 2.24) is 15.5 Å². The highest BCUT2D eigenvalue weighted by molar-refractivity contribution is 6.32. The van der Waals surface area contributed by atoms with E-state index in [1.807, 2.05) is 6.92 Å². The monoisotopic (exact) mass is 417 g/mol. The van der Waals surface area contributed by atoms with Crippen molar-refractivity contribution >= 4 is 17.5 Å². The van der Waals surface area contributed by atoms with Crippen LogP contribution in [0.15, 0.2) is 53.3 Å². The van der Waals surface area contributed by atoms with Crippen LogP contribution in [0.1, 0.15) is 23.2 Å². The molecule has 0 bridgehead atoms. The fourth-order valence-electron chi connectivity index (χ4n) is 2.38. The van der Waals surface area contributed by atoms with Crippen molar-refractivity contribution in [1.29, 1.82) is 0 Å². The van der Waals surface area contributed by atoms with Crippen LogP contribution in [0.4, 0.5) is 0 Å². The summed E-state index contributed by atoms with van der Waals surface area (Å²) >= 11 is 6.13. The van der Waals surface area contributed by atoms with Gasteiger partial charge in [-0.2, -0.15) is 0 Å². The van der Waals surface area contributed by atoms with Crippen LogP contribution in [0.5, 0.6) is 17.2 Å². The molecule has 2 aromatic heterocycles. The molecule has 0 saturated heterocycles. The van der Waals surface area contributed by atoms with E-state index < -0.39 is 0 Å². The van der Waals surface area contributed by atoms with Crippen LogP contribution < -0.4 is 19.5 Å². The Labute approximate surface area is 172 Å². The first kappa shape index (κ1) is 20.5. The van der Waals surface area contributed by atoms with Crippen molar-refractivity contribution in [2.75, 3.05) is 13.7 Å². The summed E-state index contributed by atoms with van der Waals surface area (Å²) in [5, 5.41) is 6.92. The number of aromatic nitrogens is 2. The summed E-state index contributed by atoms with van der Waals surface area (Å²) in [4.78, 5) is 16.2. The molecule has 0 aliphatic rings. The number of nitrogens with zero attached hydrogens (tertiary/aromatic N) is 2. The number of carbonyl (C=O) groups excluding carboxylic acids is 1. The van der Waals surface area contributed by atoms with Crippen LogP contribution in [-0.2, 0) is 6.61 Å². The number of benzene rings is 1. The van der Waals surface area contributed by atoms with Gasteiger partial charge in [0.15, 0.2) is 11.5 Å². The van der Waals surface area contributed by atoms with Crippen molar-refractivity contribution in [3.8, 4) is 17.2 Å². The summed E-state index contributed by atoms with van der Waals surface area (Å²) in [6.07, 6.45) is 3.03. The lowest BCUT2D eigenvalue weighted by Gasteiger charge is -2.14. The number of pyridine rings is 1. The SMILES string of the molecule is COc1ccc(OCc2cc(C(=O)NC[C@H](C)Oc3cccnc3)no2)c(Cl)c1. The van der Waals surface area contributed by atoms with Gasteiger partial charge in [-0.15, -0.1) is 0 Å². The van der Waals surface area contributed by atoms with Gasteiger partial charge >= 0.3 is 0 Å².